The van der Waals surface area contributed by atoms with Crippen molar-refractivity contribution in [3.8, 4) is 22.4 Å². The van der Waals surface area contributed by atoms with E-state index in [9.17, 15) is 0 Å². The van der Waals surface area contributed by atoms with Gasteiger partial charge in [0.15, 0.2) is 0 Å². The van der Waals surface area contributed by atoms with Crippen LogP contribution in [0.4, 0.5) is 0 Å². The first-order valence-corrected chi connectivity index (χ1v) is 12.0. The SMILES string of the molecule is Cc1ccc2ccc(-c3cc(-c4cccc5c4oc4c6ccccc6ccc54)ncc3C)cc2c1. The average molecular weight is 450 g/mol. The number of aromatic nitrogens is 1. The number of benzene rings is 5. The van der Waals surface area contributed by atoms with E-state index in [1.165, 1.54) is 32.8 Å². The zero-order chi connectivity index (χ0) is 23.5. The predicted octanol–water partition coefficient (Wildman–Crippen LogP) is 9.24. The van der Waals surface area contributed by atoms with E-state index in [0.717, 1.165) is 44.1 Å². The summed E-state index contributed by atoms with van der Waals surface area (Å²) in [6.45, 7) is 4.26. The van der Waals surface area contributed by atoms with Gasteiger partial charge in [0, 0.05) is 27.9 Å². The number of hydrogen-bond donors (Lipinski definition) is 0. The second-order valence-corrected chi connectivity index (χ2v) is 9.40. The van der Waals surface area contributed by atoms with E-state index < -0.39 is 0 Å². The zero-order valence-electron chi connectivity index (χ0n) is 19.7. The van der Waals surface area contributed by atoms with Crippen LogP contribution in [0.1, 0.15) is 11.1 Å². The molecular weight excluding hydrogens is 426 g/mol. The Kier molecular flexibility index (Phi) is 4.31. The van der Waals surface area contributed by atoms with E-state index in [2.05, 4.69) is 111 Å². The summed E-state index contributed by atoms with van der Waals surface area (Å²) >= 11 is 0. The highest BCUT2D eigenvalue weighted by Gasteiger charge is 2.16. The fourth-order valence-electron chi connectivity index (χ4n) is 5.24. The van der Waals surface area contributed by atoms with Gasteiger partial charge in [-0.15, -0.1) is 0 Å². The Bertz CT molecular complexity index is 1930. The van der Waals surface area contributed by atoms with Crippen molar-refractivity contribution in [2.75, 3.05) is 0 Å². The summed E-state index contributed by atoms with van der Waals surface area (Å²) in [5.41, 5.74) is 8.57. The van der Waals surface area contributed by atoms with Crippen LogP contribution < -0.4 is 0 Å². The van der Waals surface area contributed by atoms with Crippen molar-refractivity contribution in [1.29, 1.82) is 0 Å². The summed E-state index contributed by atoms with van der Waals surface area (Å²) < 4.78 is 6.56. The van der Waals surface area contributed by atoms with Crippen molar-refractivity contribution < 1.29 is 4.42 Å². The Balaban J connectivity index is 1.44. The van der Waals surface area contributed by atoms with E-state index in [-0.39, 0.29) is 0 Å². The van der Waals surface area contributed by atoms with Gasteiger partial charge in [0.2, 0.25) is 0 Å². The minimum atomic E-state index is 0.885. The highest BCUT2D eigenvalue weighted by molar-refractivity contribution is 6.17. The molecule has 0 saturated carbocycles. The van der Waals surface area contributed by atoms with Crippen molar-refractivity contribution in [3.05, 3.63) is 114 Å². The first-order chi connectivity index (χ1) is 17.2. The van der Waals surface area contributed by atoms with Crippen LogP contribution >= 0.6 is 0 Å². The normalized spacial score (nSPS) is 11.7. The van der Waals surface area contributed by atoms with Gasteiger partial charge in [-0.3, -0.25) is 4.98 Å². The number of hydrogen-bond acceptors (Lipinski definition) is 2. The third kappa shape index (κ3) is 3.14. The molecule has 2 aromatic heterocycles. The van der Waals surface area contributed by atoms with Gasteiger partial charge in [-0.1, -0.05) is 78.4 Å². The Labute approximate surface area is 203 Å². The molecule has 0 aliphatic rings. The van der Waals surface area contributed by atoms with Crippen LogP contribution in [0.3, 0.4) is 0 Å². The van der Waals surface area contributed by atoms with Crippen LogP contribution in [0.15, 0.2) is 108 Å². The number of nitrogens with zero attached hydrogens (tertiary/aromatic N) is 1. The van der Waals surface area contributed by atoms with E-state index in [1.54, 1.807) is 0 Å². The summed E-state index contributed by atoms with van der Waals surface area (Å²) in [5.74, 6) is 0. The second-order valence-electron chi connectivity index (χ2n) is 9.40. The van der Waals surface area contributed by atoms with E-state index in [4.69, 9.17) is 9.40 Å². The number of para-hydroxylation sites is 1. The van der Waals surface area contributed by atoms with Gasteiger partial charge in [0.25, 0.3) is 0 Å². The predicted molar refractivity (Wildman–Crippen MR) is 147 cm³/mol. The van der Waals surface area contributed by atoms with Crippen molar-refractivity contribution in [2.45, 2.75) is 13.8 Å². The van der Waals surface area contributed by atoms with Crippen LogP contribution in [0, 0.1) is 13.8 Å². The monoisotopic (exact) mass is 449 g/mol. The lowest BCUT2D eigenvalue weighted by atomic mass is 9.96. The number of furan rings is 1. The van der Waals surface area contributed by atoms with Crippen LogP contribution in [0.25, 0.3) is 65.9 Å². The first kappa shape index (κ1) is 20.0. The average Bonchev–Trinajstić information content (AvgIpc) is 3.28. The minimum Gasteiger partial charge on any atom is -0.455 e. The van der Waals surface area contributed by atoms with Crippen LogP contribution in [0.5, 0.6) is 0 Å². The number of rotatable bonds is 2. The molecule has 0 aliphatic carbocycles. The van der Waals surface area contributed by atoms with Gasteiger partial charge in [-0.2, -0.15) is 0 Å². The smallest absolute Gasteiger partial charge is 0.144 e. The largest absolute Gasteiger partial charge is 0.455 e. The second kappa shape index (κ2) is 7.54. The molecule has 7 aromatic rings. The van der Waals surface area contributed by atoms with Crippen molar-refractivity contribution >= 4 is 43.5 Å². The number of pyridine rings is 1. The summed E-state index contributed by atoms with van der Waals surface area (Å²) in [7, 11) is 0. The Morgan fingerprint density at radius 3 is 2.31 bits per heavy atom. The third-order valence-electron chi connectivity index (χ3n) is 7.07. The fraction of sp³-hybridized carbons (Fsp3) is 0.0606. The molecule has 0 bridgehead atoms. The van der Waals surface area contributed by atoms with E-state index >= 15 is 0 Å². The summed E-state index contributed by atoms with van der Waals surface area (Å²) in [4.78, 5) is 4.83. The quantitative estimate of drug-likeness (QED) is 0.263. The van der Waals surface area contributed by atoms with Gasteiger partial charge < -0.3 is 4.42 Å². The van der Waals surface area contributed by atoms with Gasteiger partial charge >= 0.3 is 0 Å². The molecule has 5 aromatic carbocycles. The van der Waals surface area contributed by atoms with Crippen molar-refractivity contribution in [1.82, 2.24) is 4.98 Å². The summed E-state index contributed by atoms with van der Waals surface area (Å²) in [6.07, 6.45) is 1.97. The maximum absolute atomic E-state index is 6.56. The van der Waals surface area contributed by atoms with Crippen LogP contribution in [0.2, 0.25) is 0 Å². The number of fused-ring (bicyclic) bond motifs is 6. The molecule has 0 spiro atoms. The molecular formula is C33H23NO. The first-order valence-electron chi connectivity index (χ1n) is 12.0. The molecule has 7 rings (SSSR count). The lowest BCUT2D eigenvalue weighted by molar-refractivity contribution is 0.673. The maximum atomic E-state index is 6.56. The molecule has 0 aliphatic heterocycles. The molecule has 0 N–H and O–H groups in total. The topological polar surface area (TPSA) is 26.0 Å². The molecule has 0 amide bonds. The van der Waals surface area contributed by atoms with Gasteiger partial charge in [0.05, 0.1) is 5.69 Å². The number of aryl methyl sites for hydroxylation is 2. The summed E-state index contributed by atoms with van der Waals surface area (Å²) in [5, 5.41) is 7.09. The minimum absolute atomic E-state index is 0.885. The van der Waals surface area contributed by atoms with Gasteiger partial charge in [-0.25, -0.2) is 0 Å². The Hall–Kier alpha value is -4.43. The highest BCUT2D eigenvalue weighted by atomic mass is 16.3. The molecule has 0 radical (unpaired) electrons. The maximum Gasteiger partial charge on any atom is 0.144 e. The van der Waals surface area contributed by atoms with Crippen molar-refractivity contribution in [2.24, 2.45) is 0 Å². The molecule has 0 fully saturated rings. The molecule has 2 heterocycles. The lowest BCUT2D eigenvalue weighted by Gasteiger charge is -2.11. The molecule has 0 unspecified atom stereocenters. The van der Waals surface area contributed by atoms with Gasteiger partial charge in [-0.05, 0) is 71.0 Å². The molecule has 2 nitrogen and oxygen atoms in total. The zero-order valence-corrected chi connectivity index (χ0v) is 19.7. The molecule has 0 saturated heterocycles. The Morgan fingerprint density at radius 2 is 1.37 bits per heavy atom. The third-order valence-corrected chi connectivity index (χ3v) is 7.07. The van der Waals surface area contributed by atoms with E-state index in [0.29, 0.717) is 0 Å². The van der Waals surface area contributed by atoms with Gasteiger partial charge in [0.1, 0.15) is 11.2 Å². The fourth-order valence-corrected chi connectivity index (χ4v) is 5.24. The standard InChI is InChI=1S/C33H23NO/c1-20-10-11-22-12-13-24(17-25(22)16-20)30-18-31(34-19-21(30)2)29-9-5-8-27-28-15-14-23-6-3-4-7-26(23)32(28)35-33(27)29/h3-19H,1-2H3. The highest BCUT2D eigenvalue weighted by Crippen LogP contribution is 2.39. The van der Waals surface area contributed by atoms with E-state index in [1.807, 2.05) is 6.20 Å². The molecule has 0 atom stereocenters. The van der Waals surface area contributed by atoms with Crippen LogP contribution in [-0.2, 0) is 0 Å². The summed E-state index contributed by atoms with van der Waals surface area (Å²) in [6, 6.07) is 34.5. The molecule has 166 valence electrons. The molecule has 35 heavy (non-hydrogen) atoms. The molecule has 2 heteroatoms. The van der Waals surface area contributed by atoms with Crippen molar-refractivity contribution in [3.63, 3.8) is 0 Å². The van der Waals surface area contributed by atoms with Crippen LogP contribution in [-0.4, -0.2) is 4.98 Å². The lowest BCUT2D eigenvalue weighted by Crippen LogP contribution is -1.90. The Morgan fingerprint density at radius 1 is 0.571 bits per heavy atom.